The van der Waals surface area contributed by atoms with E-state index in [0.717, 1.165) is 25.9 Å². The van der Waals surface area contributed by atoms with Gasteiger partial charge in [-0.1, -0.05) is 0 Å². The third kappa shape index (κ3) is 4.64. The molecule has 0 amide bonds. The standard InChI is InChI=1S/C13H25NO3/c1-12(2,3)17-9-8-14-7-5-6-13(4,10-14)11(15)16/h5-10H2,1-4H3,(H,15,16). The second kappa shape index (κ2) is 5.36. The zero-order valence-electron chi connectivity index (χ0n) is 11.5. The molecule has 0 radical (unpaired) electrons. The van der Waals surface area contributed by atoms with Crippen LogP contribution in [0.4, 0.5) is 0 Å². The quantitative estimate of drug-likeness (QED) is 0.820. The largest absolute Gasteiger partial charge is 0.481 e. The summed E-state index contributed by atoms with van der Waals surface area (Å²) in [6.45, 7) is 11.0. The van der Waals surface area contributed by atoms with Gasteiger partial charge >= 0.3 is 5.97 Å². The zero-order chi connectivity index (χ0) is 13.1. The molecule has 0 aromatic rings. The van der Waals surface area contributed by atoms with Crippen LogP contribution in [-0.2, 0) is 9.53 Å². The van der Waals surface area contributed by atoms with E-state index in [-0.39, 0.29) is 5.60 Å². The number of rotatable bonds is 4. The van der Waals surface area contributed by atoms with Crippen molar-refractivity contribution in [2.75, 3.05) is 26.2 Å². The monoisotopic (exact) mass is 243 g/mol. The van der Waals surface area contributed by atoms with E-state index in [0.29, 0.717) is 13.2 Å². The summed E-state index contributed by atoms with van der Waals surface area (Å²) >= 11 is 0. The second-order valence-corrected chi connectivity index (χ2v) is 6.21. The maximum absolute atomic E-state index is 11.2. The van der Waals surface area contributed by atoms with Gasteiger partial charge in [-0.25, -0.2) is 0 Å². The summed E-state index contributed by atoms with van der Waals surface area (Å²) in [4.78, 5) is 13.4. The fourth-order valence-electron chi connectivity index (χ4n) is 2.19. The van der Waals surface area contributed by atoms with Gasteiger partial charge in [0.2, 0.25) is 0 Å². The fraction of sp³-hybridized carbons (Fsp3) is 0.923. The second-order valence-electron chi connectivity index (χ2n) is 6.21. The number of hydrogen-bond acceptors (Lipinski definition) is 3. The first-order valence-corrected chi connectivity index (χ1v) is 6.33. The smallest absolute Gasteiger partial charge is 0.310 e. The van der Waals surface area contributed by atoms with Gasteiger partial charge in [-0.3, -0.25) is 9.69 Å². The van der Waals surface area contributed by atoms with Crippen LogP contribution in [0.25, 0.3) is 0 Å². The average molecular weight is 243 g/mol. The highest BCUT2D eigenvalue weighted by Crippen LogP contribution is 2.29. The Balaban J connectivity index is 2.38. The van der Waals surface area contributed by atoms with Gasteiger partial charge in [0.05, 0.1) is 17.6 Å². The van der Waals surface area contributed by atoms with E-state index in [1.54, 1.807) is 0 Å². The van der Waals surface area contributed by atoms with Crippen molar-refractivity contribution in [1.29, 1.82) is 0 Å². The Morgan fingerprint density at radius 1 is 1.47 bits per heavy atom. The maximum atomic E-state index is 11.2. The van der Waals surface area contributed by atoms with Crippen LogP contribution in [0.5, 0.6) is 0 Å². The third-order valence-electron chi connectivity index (χ3n) is 3.23. The van der Waals surface area contributed by atoms with Crippen LogP contribution in [0.2, 0.25) is 0 Å². The van der Waals surface area contributed by atoms with Crippen molar-refractivity contribution >= 4 is 5.97 Å². The Morgan fingerprint density at radius 2 is 2.12 bits per heavy atom. The molecule has 0 aliphatic carbocycles. The molecule has 4 nitrogen and oxygen atoms in total. The lowest BCUT2D eigenvalue weighted by atomic mass is 9.82. The Kier molecular flexibility index (Phi) is 4.55. The molecule has 0 saturated carbocycles. The molecule has 4 heteroatoms. The average Bonchev–Trinajstić information content (AvgIpc) is 2.15. The summed E-state index contributed by atoms with van der Waals surface area (Å²) < 4.78 is 5.67. The molecular formula is C13H25NO3. The van der Waals surface area contributed by atoms with E-state index < -0.39 is 11.4 Å². The first-order chi connectivity index (χ1) is 7.73. The number of aliphatic carboxylic acids is 1. The highest BCUT2D eigenvalue weighted by atomic mass is 16.5. The lowest BCUT2D eigenvalue weighted by Gasteiger charge is -2.37. The first kappa shape index (κ1) is 14.5. The molecule has 1 N–H and O–H groups in total. The number of hydrogen-bond donors (Lipinski definition) is 1. The molecule has 0 aromatic heterocycles. The normalized spacial score (nSPS) is 27.1. The van der Waals surface area contributed by atoms with Crippen LogP contribution >= 0.6 is 0 Å². The Hall–Kier alpha value is -0.610. The number of carboxylic acids is 1. The van der Waals surface area contributed by atoms with Crippen LogP contribution in [0.3, 0.4) is 0 Å². The minimum Gasteiger partial charge on any atom is -0.481 e. The molecule has 0 spiro atoms. The van der Waals surface area contributed by atoms with Crippen molar-refractivity contribution in [3.05, 3.63) is 0 Å². The summed E-state index contributed by atoms with van der Waals surface area (Å²) in [5, 5.41) is 9.21. The Bertz CT molecular complexity index is 272. The summed E-state index contributed by atoms with van der Waals surface area (Å²) in [7, 11) is 0. The highest BCUT2D eigenvalue weighted by Gasteiger charge is 2.37. The van der Waals surface area contributed by atoms with Gasteiger partial charge in [0.1, 0.15) is 0 Å². The maximum Gasteiger partial charge on any atom is 0.310 e. The molecule has 1 heterocycles. The van der Waals surface area contributed by atoms with Crippen molar-refractivity contribution in [3.8, 4) is 0 Å². The van der Waals surface area contributed by atoms with Gasteiger partial charge in [0.15, 0.2) is 0 Å². The van der Waals surface area contributed by atoms with E-state index in [4.69, 9.17) is 4.74 Å². The summed E-state index contributed by atoms with van der Waals surface area (Å²) in [5.74, 6) is -0.682. The van der Waals surface area contributed by atoms with Crippen LogP contribution < -0.4 is 0 Å². The van der Waals surface area contributed by atoms with E-state index in [1.807, 2.05) is 27.7 Å². The number of nitrogens with zero attached hydrogens (tertiary/aromatic N) is 1. The molecule has 17 heavy (non-hydrogen) atoms. The summed E-state index contributed by atoms with van der Waals surface area (Å²) in [6, 6.07) is 0. The van der Waals surface area contributed by atoms with Crippen molar-refractivity contribution in [3.63, 3.8) is 0 Å². The number of likely N-dealkylation sites (tertiary alicyclic amines) is 1. The predicted octanol–water partition coefficient (Wildman–Crippen LogP) is 1.99. The van der Waals surface area contributed by atoms with Crippen molar-refractivity contribution in [2.24, 2.45) is 5.41 Å². The van der Waals surface area contributed by atoms with Gasteiger partial charge in [-0.2, -0.15) is 0 Å². The van der Waals surface area contributed by atoms with Gasteiger partial charge in [0, 0.05) is 13.1 Å². The van der Waals surface area contributed by atoms with Crippen molar-refractivity contribution in [2.45, 2.75) is 46.1 Å². The van der Waals surface area contributed by atoms with Crippen LogP contribution in [0.1, 0.15) is 40.5 Å². The molecule has 1 rings (SSSR count). The molecule has 1 fully saturated rings. The van der Waals surface area contributed by atoms with E-state index in [9.17, 15) is 9.90 Å². The molecule has 1 saturated heterocycles. The van der Waals surface area contributed by atoms with E-state index in [2.05, 4.69) is 4.90 Å². The van der Waals surface area contributed by atoms with Gasteiger partial charge < -0.3 is 9.84 Å². The topological polar surface area (TPSA) is 49.8 Å². The molecule has 1 atom stereocenters. The van der Waals surface area contributed by atoms with Gasteiger partial charge in [-0.15, -0.1) is 0 Å². The molecule has 0 bridgehead atoms. The number of carboxylic acid groups (broad SMARTS) is 1. The predicted molar refractivity (Wildman–Crippen MR) is 67.1 cm³/mol. The minimum atomic E-state index is -0.682. The SMILES string of the molecule is CC(C)(C)OCCN1CCCC(C)(C(=O)O)C1. The Morgan fingerprint density at radius 3 is 2.65 bits per heavy atom. The first-order valence-electron chi connectivity index (χ1n) is 6.33. The van der Waals surface area contributed by atoms with E-state index in [1.165, 1.54) is 0 Å². The van der Waals surface area contributed by atoms with Crippen molar-refractivity contribution in [1.82, 2.24) is 4.90 Å². The molecule has 0 aromatic carbocycles. The molecule has 1 aliphatic rings. The number of piperidine rings is 1. The number of ether oxygens (including phenoxy) is 1. The summed E-state index contributed by atoms with van der Waals surface area (Å²) in [5.41, 5.74) is -0.703. The minimum absolute atomic E-state index is 0.119. The molecular weight excluding hydrogens is 218 g/mol. The van der Waals surface area contributed by atoms with Crippen LogP contribution in [-0.4, -0.2) is 47.8 Å². The highest BCUT2D eigenvalue weighted by molar-refractivity contribution is 5.74. The molecule has 1 unspecified atom stereocenters. The summed E-state index contributed by atoms with van der Waals surface area (Å²) in [6.07, 6.45) is 1.73. The molecule has 100 valence electrons. The van der Waals surface area contributed by atoms with E-state index >= 15 is 0 Å². The lowest BCUT2D eigenvalue weighted by molar-refractivity contribution is -0.151. The van der Waals surface area contributed by atoms with Crippen LogP contribution in [0.15, 0.2) is 0 Å². The Labute approximate surface area is 104 Å². The third-order valence-corrected chi connectivity index (χ3v) is 3.23. The molecule has 1 aliphatic heterocycles. The van der Waals surface area contributed by atoms with Crippen molar-refractivity contribution < 1.29 is 14.6 Å². The number of carbonyl (C=O) groups is 1. The van der Waals surface area contributed by atoms with Crippen LogP contribution in [0, 0.1) is 5.41 Å². The zero-order valence-corrected chi connectivity index (χ0v) is 11.5. The van der Waals surface area contributed by atoms with Gasteiger partial charge in [-0.05, 0) is 47.1 Å². The van der Waals surface area contributed by atoms with Gasteiger partial charge in [0.25, 0.3) is 0 Å². The fourth-order valence-corrected chi connectivity index (χ4v) is 2.19. The lowest BCUT2D eigenvalue weighted by Crippen LogP contribution is -2.47.